The molecule has 17 heavy (non-hydrogen) atoms. The van der Waals surface area contributed by atoms with Crippen LogP contribution in [-0.4, -0.2) is 13.1 Å². The third-order valence-corrected chi connectivity index (χ3v) is 4.46. The van der Waals surface area contributed by atoms with Crippen LogP contribution in [0.1, 0.15) is 31.2 Å². The molecule has 1 N–H and O–H groups in total. The minimum Gasteiger partial charge on any atom is -0.317 e. The van der Waals surface area contributed by atoms with Gasteiger partial charge >= 0.3 is 0 Å². The molecule has 1 nitrogen and oxygen atoms in total. The van der Waals surface area contributed by atoms with Crippen molar-refractivity contribution in [1.82, 2.24) is 5.32 Å². The van der Waals surface area contributed by atoms with Gasteiger partial charge in [0.05, 0.1) is 10.0 Å². The van der Waals surface area contributed by atoms with Crippen molar-refractivity contribution in [1.29, 1.82) is 0 Å². The number of likely N-dealkylation sites (N-methyl/N-ethyl adjacent to an activating group) is 1. The van der Waals surface area contributed by atoms with Gasteiger partial charge in [-0.1, -0.05) is 48.5 Å². The van der Waals surface area contributed by atoms with Gasteiger partial charge < -0.3 is 5.32 Å². The molecule has 0 heterocycles. The molecule has 0 bridgehead atoms. The molecule has 0 amide bonds. The molecule has 94 valence electrons. The summed E-state index contributed by atoms with van der Waals surface area (Å²) in [7, 11) is 2.04. The summed E-state index contributed by atoms with van der Waals surface area (Å²) < 4.78 is 0. The Hall–Kier alpha value is -0.240. The fraction of sp³-hybridized carbons (Fsp3) is 0.571. The summed E-state index contributed by atoms with van der Waals surface area (Å²) in [4.78, 5) is 0. The van der Waals surface area contributed by atoms with E-state index in [1.807, 2.05) is 19.2 Å². The molecule has 1 atom stereocenters. The van der Waals surface area contributed by atoms with Crippen molar-refractivity contribution in [3.8, 4) is 0 Å². The monoisotopic (exact) mass is 271 g/mol. The summed E-state index contributed by atoms with van der Waals surface area (Å²) in [6.45, 7) is 0. The summed E-state index contributed by atoms with van der Waals surface area (Å²) in [6.07, 6.45) is 6.52. The summed E-state index contributed by atoms with van der Waals surface area (Å²) >= 11 is 12.0. The largest absolute Gasteiger partial charge is 0.317 e. The maximum absolute atomic E-state index is 6.03. The molecule has 1 saturated carbocycles. The Bertz CT molecular complexity index is 374. The quantitative estimate of drug-likeness (QED) is 0.842. The maximum Gasteiger partial charge on any atom is 0.0595 e. The molecule has 1 aliphatic rings. The molecular formula is C14H19Cl2N. The van der Waals surface area contributed by atoms with Gasteiger partial charge in [0.1, 0.15) is 0 Å². The van der Waals surface area contributed by atoms with Crippen LogP contribution in [0.5, 0.6) is 0 Å². The van der Waals surface area contributed by atoms with E-state index in [0.717, 1.165) is 12.3 Å². The lowest BCUT2D eigenvalue weighted by Crippen LogP contribution is -2.31. The molecule has 1 fully saturated rings. The Labute approximate surface area is 114 Å². The van der Waals surface area contributed by atoms with E-state index in [4.69, 9.17) is 23.2 Å². The molecule has 2 rings (SSSR count). The molecule has 0 aromatic heterocycles. The van der Waals surface area contributed by atoms with Gasteiger partial charge in [-0.3, -0.25) is 0 Å². The Morgan fingerprint density at radius 2 is 2.06 bits per heavy atom. The fourth-order valence-electron chi connectivity index (χ4n) is 2.39. The predicted octanol–water partition coefficient (Wildman–Crippen LogP) is 4.31. The predicted molar refractivity (Wildman–Crippen MR) is 75.0 cm³/mol. The van der Waals surface area contributed by atoms with Crippen LogP contribution in [0, 0.1) is 5.92 Å². The van der Waals surface area contributed by atoms with E-state index in [0.29, 0.717) is 16.1 Å². The van der Waals surface area contributed by atoms with Crippen molar-refractivity contribution in [2.45, 2.75) is 38.1 Å². The van der Waals surface area contributed by atoms with Crippen LogP contribution >= 0.6 is 23.2 Å². The minimum absolute atomic E-state index is 0.553. The first-order valence-electron chi connectivity index (χ1n) is 6.30. The Morgan fingerprint density at radius 3 is 2.59 bits per heavy atom. The normalized spacial score (nSPS) is 17.8. The summed E-state index contributed by atoms with van der Waals surface area (Å²) in [5, 5.41) is 4.70. The number of nitrogens with one attached hydrogen (secondary N) is 1. The Balaban J connectivity index is 1.94. The molecule has 0 aliphatic heterocycles. The molecule has 1 unspecified atom stereocenters. The van der Waals surface area contributed by atoms with Gasteiger partial charge in [-0.15, -0.1) is 0 Å². The average molecular weight is 272 g/mol. The zero-order valence-corrected chi connectivity index (χ0v) is 11.7. The topological polar surface area (TPSA) is 12.0 Å². The molecule has 1 aliphatic carbocycles. The Morgan fingerprint density at radius 1 is 1.29 bits per heavy atom. The van der Waals surface area contributed by atoms with Crippen LogP contribution in [0.3, 0.4) is 0 Å². The molecule has 1 aromatic carbocycles. The average Bonchev–Trinajstić information content (AvgIpc) is 2.26. The Kier molecular flexibility index (Phi) is 4.72. The van der Waals surface area contributed by atoms with Crippen molar-refractivity contribution in [2.75, 3.05) is 7.05 Å². The molecular weight excluding hydrogens is 253 g/mol. The number of halogens is 2. The van der Waals surface area contributed by atoms with Gasteiger partial charge in [-0.05, 0) is 43.5 Å². The SMILES string of the molecule is CNC(Cc1ccc(Cl)c(Cl)c1)CC1CCC1. The molecule has 0 saturated heterocycles. The van der Waals surface area contributed by atoms with Crippen molar-refractivity contribution in [2.24, 2.45) is 5.92 Å². The smallest absolute Gasteiger partial charge is 0.0595 e. The van der Waals surface area contributed by atoms with Crippen LogP contribution in [-0.2, 0) is 6.42 Å². The molecule has 3 heteroatoms. The van der Waals surface area contributed by atoms with Crippen molar-refractivity contribution in [3.05, 3.63) is 33.8 Å². The minimum atomic E-state index is 0.553. The molecule has 0 spiro atoms. The first kappa shape index (κ1) is 13.2. The summed E-state index contributed by atoms with van der Waals surface area (Å²) in [5.41, 5.74) is 1.26. The van der Waals surface area contributed by atoms with E-state index in [1.165, 1.54) is 31.2 Å². The van der Waals surface area contributed by atoms with E-state index < -0.39 is 0 Å². The van der Waals surface area contributed by atoms with Crippen LogP contribution in [0.25, 0.3) is 0 Å². The first-order chi connectivity index (χ1) is 8.19. The highest BCUT2D eigenvalue weighted by Crippen LogP contribution is 2.31. The zero-order valence-electron chi connectivity index (χ0n) is 10.2. The zero-order chi connectivity index (χ0) is 12.3. The highest BCUT2D eigenvalue weighted by molar-refractivity contribution is 6.42. The van der Waals surface area contributed by atoms with E-state index >= 15 is 0 Å². The lowest BCUT2D eigenvalue weighted by molar-refractivity contribution is 0.263. The van der Waals surface area contributed by atoms with Crippen molar-refractivity contribution in [3.63, 3.8) is 0 Å². The second kappa shape index (κ2) is 6.08. The first-order valence-corrected chi connectivity index (χ1v) is 7.06. The highest BCUT2D eigenvalue weighted by Gasteiger charge is 2.21. The fourth-order valence-corrected chi connectivity index (χ4v) is 2.71. The van der Waals surface area contributed by atoms with Gasteiger partial charge in [0.15, 0.2) is 0 Å². The second-order valence-electron chi connectivity index (χ2n) is 4.97. The number of benzene rings is 1. The van der Waals surface area contributed by atoms with E-state index in [2.05, 4.69) is 11.4 Å². The van der Waals surface area contributed by atoms with Crippen LogP contribution < -0.4 is 5.32 Å². The lowest BCUT2D eigenvalue weighted by atomic mass is 9.80. The van der Waals surface area contributed by atoms with Crippen LogP contribution in [0.2, 0.25) is 10.0 Å². The molecule has 0 radical (unpaired) electrons. The van der Waals surface area contributed by atoms with Gasteiger partial charge in [0.2, 0.25) is 0 Å². The second-order valence-corrected chi connectivity index (χ2v) is 5.79. The molecule has 1 aromatic rings. The van der Waals surface area contributed by atoms with Gasteiger partial charge in [0, 0.05) is 6.04 Å². The number of hydrogen-bond acceptors (Lipinski definition) is 1. The van der Waals surface area contributed by atoms with Gasteiger partial charge in [0.25, 0.3) is 0 Å². The third kappa shape index (κ3) is 3.61. The number of rotatable bonds is 5. The standard InChI is InChI=1S/C14H19Cl2N/c1-17-12(7-10-3-2-4-10)8-11-5-6-13(15)14(16)9-11/h5-6,9-10,12,17H,2-4,7-8H2,1H3. The van der Waals surface area contributed by atoms with Crippen LogP contribution in [0.15, 0.2) is 18.2 Å². The number of hydrogen-bond donors (Lipinski definition) is 1. The van der Waals surface area contributed by atoms with Crippen LogP contribution in [0.4, 0.5) is 0 Å². The van der Waals surface area contributed by atoms with Crippen molar-refractivity contribution >= 4 is 23.2 Å². The maximum atomic E-state index is 6.03. The van der Waals surface area contributed by atoms with Gasteiger partial charge in [-0.25, -0.2) is 0 Å². The summed E-state index contributed by atoms with van der Waals surface area (Å²) in [6, 6.07) is 6.49. The third-order valence-electron chi connectivity index (χ3n) is 3.72. The van der Waals surface area contributed by atoms with E-state index in [-0.39, 0.29) is 0 Å². The summed E-state index contributed by atoms with van der Waals surface area (Å²) in [5.74, 6) is 0.926. The van der Waals surface area contributed by atoms with E-state index in [9.17, 15) is 0 Å². The highest BCUT2D eigenvalue weighted by atomic mass is 35.5. The van der Waals surface area contributed by atoms with Crippen molar-refractivity contribution < 1.29 is 0 Å². The van der Waals surface area contributed by atoms with Gasteiger partial charge in [-0.2, -0.15) is 0 Å². The lowest BCUT2D eigenvalue weighted by Gasteiger charge is -2.29. The van der Waals surface area contributed by atoms with E-state index in [1.54, 1.807) is 0 Å².